The Kier molecular flexibility index (Phi) is 5.62. The highest BCUT2D eigenvalue weighted by Gasteiger charge is 2.22. The summed E-state index contributed by atoms with van der Waals surface area (Å²) in [5.74, 6) is -0.780. The van der Waals surface area contributed by atoms with Gasteiger partial charge in [-0.1, -0.05) is 12.1 Å². The third-order valence-electron chi connectivity index (χ3n) is 3.67. The van der Waals surface area contributed by atoms with Gasteiger partial charge in [-0.3, -0.25) is 4.79 Å². The zero-order valence-electron chi connectivity index (χ0n) is 13.4. The predicted octanol–water partition coefficient (Wildman–Crippen LogP) is 2.39. The molecule has 2 N–H and O–H groups in total. The Balaban J connectivity index is 1.55. The second-order valence-electron chi connectivity index (χ2n) is 5.58. The zero-order valence-corrected chi connectivity index (χ0v) is 14.3. The molecule has 132 valence electrons. The molecule has 1 atom stereocenters. The van der Waals surface area contributed by atoms with Gasteiger partial charge in [0.05, 0.1) is 6.20 Å². The van der Waals surface area contributed by atoms with E-state index in [0.29, 0.717) is 17.2 Å². The molecule has 1 unspecified atom stereocenters. The molecule has 25 heavy (non-hydrogen) atoms. The number of nitrogens with zero attached hydrogens (tertiary/aromatic N) is 1. The maximum atomic E-state index is 12.3. The predicted molar refractivity (Wildman–Crippen MR) is 90.8 cm³/mol. The molecule has 0 saturated carbocycles. The highest BCUT2D eigenvalue weighted by molar-refractivity contribution is 7.13. The molecule has 2 heterocycles. The van der Waals surface area contributed by atoms with Gasteiger partial charge >= 0.3 is 5.97 Å². The SMILES string of the molecule is O=C(O)COc1cccc(CNC(=O)c2cnc(C3CCCO3)s2)c1. The van der Waals surface area contributed by atoms with E-state index in [1.165, 1.54) is 11.3 Å². The number of hydrogen-bond donors (Lipinski definition) is 2. The minimum Gasteiger partial charge on any atom is -0.482 e. The van der Waals surface area contributed by atoms with Gasteiger partial charge in [-0.2, -0.15) is 0 Å². The Labute approximate surface area is 148 Å². The fourth-order valence-corrected chi connectivity index (χ4v) is 3.39. The smallest absolute Gasteiger partial charge is 0.341 e. The first-order valence-electron chi connectivity index (χ1n) is 7.91. The van der Waals surface area contributed by atoms with Crippen molar-refractivity contribution in [3.63, 3.8) is 0 Å². The van der Waals surface area contributed by atoms with Gasteiger partial charge < -0.3 is 19.9 Å². The van der Waals surface area contributed by atoms with Gasteiger partial charge in [-0.05, 0) is 30.5 Å². The Morgan fingerprint density at radius 3 is 3.08 bits per heavy atom. The minimum absolute atomic E-state index is 0.00890. The molecular weight excluding hydrogens is 344 g/mol. The van der Waals surface area contributed by atoms with Crippen LogP contribution in [0.3, 0.4) is 0 Å². The monoisotopic (exact) mass is 362 g/mol. The van der Waals surface area contributed by atoms with Crippen molar-refractivity contribution in [3.8, 4) is 5.75 Å². The normalized spacial score (nSPS) is 16.6. The fourth-order valence-electron chi connectivity index (χ4n) is 2.47. The van der Waals surface area contributed by atoms with Gasteiger partial charge in [0.15, 0.2) is 6.61 Å². The van der Waals surface area contributed by atoms with E-state index in [-0.39, 0.29) is 12.0 Å². The second kappa shape index (κ2) is 8.09. The number of thiazole rings is 1. The Hall–Kier alpha value is -2.45. The third kappa shape index (κ3) is 4.77. The summed E-state index contributed by atoms with van der Waals surface area (Å²) in [6.07, 6.45) is 3.54. The molecule has 1 saturated heterocycles. The summed E-state index contributed by atoms with van der Waals surface area (Å²) in [6.45, 7) is 0.658. The Morgan fingerprint density at radius 1 is 1.44 bits per heavy atom. The van der Waals surface area contributed by atoms with Crippen LogP contribution in [0.2, 0.25) is 0 Å². The molecule has 0 bridgehead atoms. The number of benzene rings is 1. The summed E-state index contributed by atoms with van der Waals surface area (Å²) in [5.41, 5.74) is 0.820. The van der Waals surface area contributed by atoms with Crippen LogP contribution in [0.4, 0.5) is 0 Å². The number of carboxylic acid groups (broad SMARTS) is 1. The summed E-state index contributed by atoms with van der Waals surface area (Å²) in [4.78, 5) is 27.6. The van der Waals surface area contributed by atoms with Gasteiger partial charge in [0.2, 0.25) is 0 Å². The number of nitrogens with one attached hydrogen (secondary N) is 1. The van der Waals surface area contributed by atoms with Crippen molar-refractivity contribution in [2.24, 2.45) is 0 Å². The van der Waals surface area contributed by atoms with E-state index >= 15 is 0 Å². The van der Waals surface area contributed by atoms with Gasteiger partial charge in [-0.25, -0.2) is 9.78 Å². The van der Waals surface area contributed by atoms with Crippen molar-refractivity contribution < 1.29 is 24.2 Å². The number of aromatic nitrogens is 1. The quantitative estimate of drug-likeness (QED) is 0.785. The average molecular weight is 362 g/mol. The van der Waals surface area contributed by atoms with Crippen LogP contribution in [-0.2, 0) is 16.1 Å². The first kappa shape index (κ1) is 17.4. The number of amides is 1. The minimum atomic E-state index is -1.04. The van der Waals surface area contributed by atoms with Gasteiger partial charge in [0.25, 0.3) is 5.91 Å². The maximum absolute atomic E-state index is 12.3. The van der Waals surface area contributed by atoms with E-state index in [4.69, 9.17) is 14.6 Å². The first-order valence-corrected chi connectivity index (χ1v) is 8.72. The van der Waals surface area contributed by atoms with Crippen molar-refractivity contribution in [2.75, 3.05) is 13.2 Å². The molecular formula is C17H18N2O5S. The lowest BCUT2D eigenvalue weighted by Gasteiger charge is -2.07. The van der Waals surface area contributed by atoms with Crippen LogP contribution in [0.1, 0.15) is 39.2 Å². The fraction of sp³-hybridized carbons (Fsp3) is 0.353. The lowest BCUT2D eigenvalue weighted by atomic mass is 10.2. The molecule has 0 aliphatic carbocycles. The van der Waals surface area contributed by atoms with E-state index in [2.05, 4.69) is 10.3 Å². The molecule has 1 aliphatic rings. The van der Waals surface area contributed by atoms with Crippen LogP contribution < -0.4 is 10.1 Å². The van der Waals surface area contributed by atoms with Crippen molar-refractivity contribution in [3.05, 3.63) is 45.9 Å². The number of carboxylic acids is 1. The standard InChI is InChI=1S/C17H18N2O5S/c20-15(21)10-24-12-4-1-3-11(7-12)8-18-16(22)14-9-19-17(25-14)13-5-2-6-23-13/h1,3-4,7,9,13H,2,5-6,8,10H2,(H,18,22)(H,20,21). The Morgan fingerprint density at radius 2 is 2.32 bits per heavy atom. The van der Waals surface area contributed by atoms with E-state index < -0.39 is 12.6 Å². The lowest BCUT2D eigenvalue weighted by molar-refractivity contribution is -0.139. The lowest BCUT2D eigenvalue weighted by Crippen LogP contribution is -2.21. The van der Waals surface area contributed by atoms with Crippen molar-refractivity contribution >= 4 is 23.2 Å². The van der Waals surface area contributed by atoms with Crippen LogP contribution in [0.5, 0.6) is 5.75 Å². The largest absolute Gasteiger partial charge is 0.482 e. The molecule has 0 spiro atoms. The average Bonchev–Trinajstić information content (AvgIpc) is 3.29. The molecule has 8 heteroatoms. The van der Waals surface area contributed by atoms with Crippen molar-refractivity contribution in [2.45, 2.75) is 25.5 Å². The first-order chi connectivity index (χ1) is 12.1. The molecule has 2 aromatic rings. The van der Waals surface area contributed by atoms with Crippen LogP contribution in [0.15, 0.2) is 30.5 Å². The van der Waals surface area contributed by atoms with Crippen LogP contribution >= 0.6 is 11.3 Å². The van der Waals surface area contributed by atoms with E-state index in [1.54, 1.807) is 24.4 Å². The summed E-state index contributed by atoms with van der Waals surface area (Å²) in [6, 6.07) is 6.96. The summed E-state index contributed by atoms with van der Waals surface area (Å²) >= 11 is 1.35. The van der Waals surface area contributed by atoms with Gasteiger partial charge in [0.1, 0.15) is 21.7 Å². The molecule has 1 aromatic carbocycles. The highest BCUT2D eigenvalue weighted by Crippen LogP contribution is 2.31. The molecule has 1 fully saturated rings. The van der Waals surface area contributed by atoms with E-state index in [1.807, 2.05) is 6.07 Å². The molecule has 0 radical (unpaired) electrons. The molecule has 3 rings (SSSR count). The number of carbonyl (C=O) groups is 2. The maximum Gasteiger partial charge on any atom is 0.341 e. The number of rotatable bonds is 7. The molecule has 1 aromatic heterocycles. The molecule has 1 amide bonds. The van der Waals surface area contributed by atoms with Crippen molar-refractivity contribution in [1.29, 1.82) is 0 Å². The van der Waals surface area contributed by atoms with Crippen LogP contribution in [0.25, 0.3) is 0 Å². The Bertz CT molecular complexity index is 755. The van der Waals surface area contributed by atoms with E-state index in [9.17, 15) is 9.59 Å². The number of carbonyl (C=O) groups excluding carboxylic acids is 1. The summed E-state index contributed by atoms with van der Waals surface area (Å²) < 4.78 is 10.7. The number of ether oxygens (including phenoxy) is 2. The molecule has 1 aliphatic heterocycles. The third-order valence-corrected chi connectivity index (χ3v) is 4.75. The topological polar surface area (TPSA) is 97.8 Å². The van der Waals surface area contributed by atoms with Crippen LogP contribution in [0, 0.1) is 0 Å². The van der Waals surface area contributed by atoms with Crippen molar-refractivity contribution in [1.82, 2.24) is 10.3 Å². The van der Waals surface area contributed by atoms with E-state index in [0.717, 1.165) is 30.0 Å². The van der Waals surface area contributed by atoms with Crippen LogP contribution in [-0.4, -0.2) is 35.2 Å². The molecule has 7 nitrogen and oxygen atoms in total. The van der Waals surface area contributed by atoms with Gasteiger partial charge in [-0.15, -0.1) is 11.3 Å². The second-order valence-corrected chi connectivity index (χ2v) is 6.64. The zero-order chi connectivity index (χ0) is 17.6. The number of hydrogen-bond acceptors (Lipinski definition) is 6. The highest BCUT2D eigenvalue weighted by atomic mass is 32.1. The van der Waals surface area contributed by atoms with Gasteiger partial charge in [0, 0.05) is 13.2 Å². The summed E-state index contributed by atoms with van der Waals surface area (Å²) in [7, 11) is 0. The number of aliphatic carboxylic acids is 1. The summed E-state index contributed by atoms with van der Waals surface area (Å²) in [5, 5.41) is 12.3.